The van der Waals surface area contributed by atoms with E-state index >= 15 is 0 Å². The summed E-state index contributed by atoms with van der Waals surface area (Å²) in [4.78, 5) is 0. The van der Waals surface area contributed by atoms with E-state index in [1.807, 2.05) is 128 Å². The molecular formula is C36H38O5Se. The molecule has 42 heavy (non-hydrogen) atoms. The van der Waals surface area contributed by atoms with Crippen LogP contribution in [0.1, 0.15) is 23.6 Å². The molecule has 0 aliphatic carbocycles. The Bertz CT molecular complexity index is 1400. The molecule has 6 heteroatoms. The summed E-state index contributed by atoms with van der Waals surface area (Å²) in [6.45, 7) is 1.85. The zero-order chi connectivity index (χ0) is 29.4. The van der Waals surface area contributed by atoms with Crippen molar-refractivity contribution < 1.29 is 24.8 Å². The monoisotopic (exact) mass is 630 g/mol. The molecule has 0 aromatic heterocycles. The Kier molecular flexibility index (Phi) is 9.96. The van der Waals surface area contributed by atoms with Crippen molar-refractivity contribution >= 4 is 19.4 Å². The topological polar surface area (TPSA) is 79.2 Å². The Morgan fingerprint density at radius 2 is 1.21 bits per heavy atom. The van der Waals surface area contributed by atoms with Crippen LogP contribution in [0.15, 0.2) is 134 Å². The Balaban J connectivity index is 1.65. The minimum absolute atomic E-state index is 0.0639. The van der Waals surface area contributed by atoms with Gasteiger partial charge in [0.1, 0.15) is 0 Å². The summed E-state index contributed by atoms with van der Waals surface area (Å²) < 4.78 is 14.1. The molecule has 1 fully saturated rings. The number of ether oxygens (including phenoxy) is 2. The van der Waals surface area contributed by atoms with Gasteiger partial charge >= 0.3 is 255 Å². The van der Waals surface area contributed by atoms with E-state index in [0.29, 0.717) is 0 Å². The Hall–Kier alpha value is -3.22. The number of hydrogen-bond donors (Lipinski definition) is 3. The maximum absolute atomic E-state index is 13.0. The van der Waals surface area contributed by atoms with E-state index in [2.05, 4.69) is 0 Å². The third-order valence-electron chi connectivity index (χ3n) is 7.85. The predicted molar refractivity (Wildman–Crippen MR) is 167 cm³/mol. The van der Waals surface area contributed by atoms with E-state index in [-0.39, 0.29) is 34.2 Å². The van der Waals surface area contributed by atoms with Crippen LogP contribution in [0.25, 0.3) is 0 Å². The number of rotatable bonds is 11. The SMILES string of the molecule is CC=CO[C@@H]1[C@@H]([Se]c2ccccc2)O[C@H](C(O)Cc2ccccc2)[C@](O)(Cc2ccccc2)[C@@]1(O)Cc1ccccc1. The summed E-state index contributed by atoms with van der Waals surface area (Å²) in [5, 5.41) is 37.2. The van der Waals surface area contributed by atoms with Gasteiger partial charge in [0.15, 0.2) is 0 Å². The first kappa shape index (κ1) is 30.2. The standard InChI is InChI=1S/C36H38O5Se/c1-2-23-40-33-34(42-30-21-13-6-14-22-30)41-32(31(37)24-27-15-7-3-8-16-27)35(38,25-28-17-9-4-10-18-28)36(33,39)26-29-19-11-5-12-20-29/h2-23,31-34,37-39H,24-26H2,1H3/t31?,32-,33-,34-,35-,36-/m1/s1. The molecule has 5 nitrogen and oxygen atoms in total. The molecular weight excluding hydrogens is 591 g/mol. The normalized spacial score (nSPS) is 26.6. The fourth-order valence-electron chi connectivity index (χ4n) is 5.80. The van der Waals surface area contributed by atoms with Gasteiger partial charge in [0.05, 0.1) is 0 Å². The van der Waals surface area contributed by atoms with Gasteiger partial charge in [-0.2, -0.15) is 0 Å². The summed E-state index contributed by atoms with van der Waals surface area (Å²) in [7, 11) is 0. The molecule has 0 bridgehead atoms. The van der Waals surface area contributed by atoms with Crippen molar-refractivity contribution in [2.45, 2.75) is 60.7 Å². The van der Waals surface area contributed by atoms with E-state index in [4.69, 9.17) is 9.47 Å². The van der Waals surface area contributed by atoms with Crippen LogP contribution in [0.5, 0.6) is 0 Å². The van der Waals surface area contributed by atoms with Gasteiger partial charge in [-0.25, -0.2) is 0 Å². The van der Waals surface area contributed by atoms with E-state index in [1.54, 1.807) is 12.3 Å². The molecule has 1 unspecified atom stereocenters. The van der Waals surface area contributed by atoms with Gasteiger partial charge in [0.2, 0.25) is 0 Å². The Morgan fingerprint density at radius 3 is 1.74 bits per heavy atom. The van der Waals surface area contributed by atoms with E-state index in [0.717, 1.165) is 21.2 Å². The molecule has 0 spiro atoms. The van der Waals surface area contributed by atoms with Gasteiger partial charge in [-0.1, -0.05) is 0 Å². The number of benzene rings is 4. The molecule has 0 saturated carbocycles. The second-order valence-corrected chi connectivity index (χ2v) is 13.3. The molecule has 1 aliphatic heterocycles. The number of aliphatic hydroxyl groups excluding tert-OH is 1. The Labute approximate surface area is 254 Å². The van der Waals surface area contributed by atoms with Crippen LogP contribution in [-0.2, 0) is 28.7 Å². The third-order valence-corrected chi connectivity index (χ3v) is 10.2. The summed E-state index contributed by atoms with van der Waals surface area (Å²) in [5.41, 5.74) is -1.15. The molecule has 5 rings (SSSR count). The predicted octanol–water partition coefficient (Wildman–Crippen LogP) is 4.21. The van der Waals surface area contributed by atoms with E-state index in [9.17, 15) is 15.3 Å². The van der Waals surface area contributed by atoms with Crippen LogP contribution in [0.3, 0.4) is 0 Å². The molecule has 1 aliphatic rings. The fourth-order valence-corrected chi connectivity index (χ4v) is 8.26. The van der Waals surface area contributed by atoms with Gasteiger partial charge in [-0.05, 0) is 0 Å². The van der Waals surface area contributed by atoms with Crippen molar-refractivity contribution in [3.63, 3.8) is 0 Å². The zero-order valence-corrected chi connectivity index (χ0v) is 25.4. The van der Waals surface area contributed by atoms with Crippen LogP contribution in [0.2, 0.25) is 0 Å². The molecule has 4 aromatic rings. The summed E-state index contributed by atoms with van der Waals surface area (Å²) in [6.07, 6.45) is 0.641. The van der Waals surface area contributed by atoms with Gasteiger partial charge in [-0.15, -0.1) is 0 Å². The van der Waals surface area contributed by atoms with Gasteiger partial charge in [-0.3, -0.25) is 0 Å². The van der Waals surface area contributed by atoms with Crippen molar-refractivity contribution in [3.05, 3.63) is 150 Å². The van der Waals surface area contributed by atoms with Crippen molar-refractivity contribution in [2.24, 2.45) is 0 Å². The molecule has 1 heterocycles. The molecule has 3 N–H and O–H groups in total. The number of allylic oxidation sites excluding steroid dienone is 1. The minimum atomic E-state index is -1.91. The fraction of sp³-hybridized carbons (Fsp3) is 0.278. The van der Waals surface area contributed by atoms with Crippen LogP contribution >= 0.6 is 0 Å². The van der Waals surface area contributed by atoms with Crippen LogP contribution in [0, 0.1) is 0 Å². The molecule has 6 atom stereocenters. The average Bonchev–Trinajstić information content (AvgIpc) is 3.01. The molecule has 218 valence electrons. The van der Waals surface area contributed by atoms with E-state index < -0.39 is 34.5 Å². The van der Waals surface area contributed by atoms with Crippen molar-refractivity contribution in [3.8, 4) is 0 Å². The molecule has 4 aromatic carbocycles. The van der Waals surface area contributed by atoms with Crippen LogP contribution < -0.4 is 4.46 Å². The second kappa shape index (κ2) is 13.8. The summed E-state index contributed by atoms with van der Waals surface area (Å²) in [5.74, 6) is 0. The first-order valence-corrected chi connectivity index (χ1v) is 16.2. The summed E-state index contributed by atoms with van der Waals surface area (Å²) >= 11 is -0.309. The third kappa shape index (κ3) is 6.71. The number of hydrogen-bond acceptors (Lipinski definition) is 5. The number of aliphatic hydroxyl groups is 3. The van der Waals surface area contributed by atoms with Crippen molar-refractivity contribution in [1.82, 2.24) is 0 Å². The quantitative estimate of drug-likeness (QED) is 0.171. The van der Waals surface area contributed by atoms with E-state index in [1.165, 1.54) is 0 Å². The maximum atomic E-state index is 13.0. The molecule has 1 saturated heterocycles. The molecule has 0 amide bonds. The second-order valence-electron chi connectivity index (χ2n) is 10.8. The first-order chi connectivity index (χ1) is 20.4. The first-order valence-electron chi connectivity index (χ1n) is 14.3. The van der Waals surface area contributed by atoms with Gasteiger partial charge < -0.3 is 0 Å². The van der Waals surface area contributed by atoms with Gasteiger partial charge in [0.25, 0.3) is 0 Å². The van der Waals surface area contributed by atoms with Crippen LogP contribution in [0.4, 0.5) is 0 Å². The zero-order valence-electron chi connectivity index (χ0n) is 23.7. The molecule has 0 radical (unpaired) electrons. The van der Waals surface area contributed by atoms with Crippen molar-refractivity contribution in [1.29, 1.82) is 0 Å². The Morgan fingerprint density at radius 1 is 0.738 bits per heavy atom. The average molecular weight is 630 g/mol. The van der Waals surface area contributed by atoms with Crippen LogP contribution in [-0.4, -0.2) is 64.8 Å². The summed E-state index contributed by atoms with van der Waals surface area (Å²) in [6, 6.07) is 38.9. The van der Waals surface area contributed by atoms with Gasteiger partial charge in [0, 0.05) is 0 Å². The van der Waals surface area contributed by atoms with Crippen molar-refractivity contribution in [2.75, 3.05) is 0 Å².